The fraction of sp³-hybridized carbons (Fsp3) is 0.600. The van der Waals surface area contributed by atoms with Crippen LogP contribution in [0.3, 0.4) is 0 Å². The molecule has 0 spiro atoms. The van der Waals surface area contributed by atoms with Gasteiger partial charge in [-0.15, -0.1) is 0 Å². The first-order valence-corrected chi connectivity index (χ1v) is 6.75. The molecule has 0 bridgehead atoms. The maximum Gasteiger partial charge on any atom is 0.0468 e. The minimum atomic E-state index is 0.0853. The molecule has 1 aliphatic rings. The number of hydrogen-bond donors (Lipinski definition) is 2. The van der Waals surface area contributed by atoms with Gasteiger partial charge in [0.25, 0.3) is 0 Å². The molecule has 1 saturated heterocycles. The third-order valence-electron chi connectivity index (χ3n) is 4.43. The zero-order chi connectivity index (χ0) is 13.3. The molecule has 2 rings (SSSR count). The summed E-state index contributed by atoms with van der Waals surface area (Å²) in [5, 5.41) is 3.44. The summed E-state index contributed by atoms with van der Waals surface area (Å²) in [5.74, 6) is 0. The molecule has 0 aliphatic carbocycles. The summed E-state index contributed by atoms with van der Waals surface area (Å²) in [6.45, 7) is 9.64. The van der Waals surface area contributed by atoms with Crippen molar-refractivity contribution in [2.75, 3.05) is 26.7 Å². The van der Waals surface area contributed by atoms with Crippen molar-refractivity contribution in [3.05, 3.63) is 34.4 Å². The summed E-state index contributed by atoms with van der Waals surface area (Å²) >= 11 is 0. The van der Waals surface area contributed by atoms with E-state index in [1.54, 1.807) is 0 Å². The van der Waals surface area contributed by atoms with Gasteiger partial charge in [-0.05, 0) is 50.1 Å². The van der Waals surface area contributed by atoms with Gasteiger partial charge in [0.2, 0.25) is 0 Å². The van der Waals surface area contributed by atoms with E-state index in [9.17, 15) is 0 Å². The van der Waals surface area contributed by atoms with E-state index in [0.717, 1.165) is 19.6 Å². The van der Waals surface area contributed by atoms with Crippen LogP contribution in [0.1, 0.15) is 28.3 Å². The van der Waals surface area contributed by atoms with Crippen molar-refractivity contribution in [3.63, 3.8) is 0 Å². The van der Waals surface area contributed by atoms with Crippen LogP contribution >= 0.6 is 0 Å². The number of nitrogens with one attached hydrogen (secondary N) is 1. The quantitative estimate of drug-likeness (QED) is 0.832. The van der Waals surface area contributed by atoms with Crippen LogP contribution in [0.25, 0.3) is 0 Å². The maximum absolute atomic E-state index is 6.50. The summed E-state index contributed by atoms with van der Waals surface area (Å²) in [6.07, 6.45) is 0. The Morgan fingerprint density at radius 3 is 2.67 bits per heavy atom. The van der Waals surface area contributed by atoms with Crippen molar-refractivity contribution < 1.29 is 0 Å². The Morgan fingerprint density at radius 2 is 2.00 bits per heavy atom. The molecule has 1 aromatic rings. The van der Waals surface area contributed by atoms with Gasteiger partial charge in [-0.2, -0.15) is 0 Å². The van der Waals surface area contributed by atoms with E-state index < -0.39 is 0 Å². The number of benzene rings is 1. The molecule has 100 valence electrons. The van der Waals surface area contributed by atoms with Crippen LogP contribution in [0.2, 0.25) is 0 Å². The van der Waals surface area contributed by atoms with Crippen molar-refractivity contribution in [3.8, 4) is 0 Å². The van der Waals surface area contributed by atoms with Crippen LogP contribution in [-0.2, 0) is 0 Å². The summed E-state index contributed by atoms with van der Waals surface area (Å²) in [6, 6.07) is 4.86. The van der Waals surface area contributed by atoms with Gasteiger partial charge in [0, 0.05) is 31.7 Å². The molecule has 1 heterocycles. The number of likely N-dealkylation sites (N-methyl/N-ethyl adjacent to an activating group) is 1. The first kappa shape index (κ1) is 13.5. The van der Waals surface area contributed by atoms with Gasteiger partial charge in [0.15, 0.2) is 0 Å². The van der Waals surface area contributed by atoms with Crippen molar-refractivity contribution in [1.82, 2.24) is 10.2 Å². The highest BCUT2D eigenvalue weighted by atomic mass is 15.2. The number of hydrogen-bond acceptors (Lipinski definition) is 3. The van der Waals surface area contributed by atoms with Crippen LogP contribution in [0.15, 0.2) is 12.1 Å². The lowest BCUT2D eigenvalue weighted by Crippen LogP contribution is -2.53. The van der Waals surface area contributed by atoms with Crippen LogP contribution in [-0.4, -0.2) is 37.6 Å². The van der Waals surface area contributed by atoms with Gasteiger partial charge in [0.05, 0.1) is 0 Å². The molecule has 2 unspecified atom stereocenters. The van der Waals surface area contributed by atoms with E-state index in [1.165, 1.54) is 22.3 Å². The molecular formula is C15H25N3. The lowest BCUT2D eigenvalue weighted by atomic mass is 9.90. The Balaban J connectivity index is 2.28. The number of aryl methyl sites for hydroxylation is 1. The van der Waals surface area contributed by atoms with E-state index >= 15 is 0 Å². The molecule has 0 aromatic heterocycles. The number of nitrogens with zero attached hydrogens (tertiary/aromatic N) is 1. The molecule has 3 N–H and O–H groups in total. The summed E-state index contributed by atoms with van der Waals surface area (Å²) in [4.78, 5) is 2.37. The molecule has 2 atom stereocenters. The van der Waals surface area contributed by atoms with Gasteiger partial charge in [-0.1, -0.05) is 12.1 Å². The Morgan fingerprint density at radius 1 is 1.28 bits per heavy atom. The van der Waals surface area contributed by atoms with Gasteiger partial charge in [-0.3, -0.25) is 4.90 Å². The van der Waals surface area contributed by atoms with Gasteiger partial charge >= 0.3 is 0 Å². The second-order valence-corrected chi connectivity index (χ2v) is 5.50. The summed E-state index contributed by atoms with van der Waals surface area (Å²) in [5.41, 5.74) is 11.9. The second-order valence-electron chi connectivity index (χ2n) is 5.50. The molecule has 3 nitrogen and oxygen atoms in total. The SMILES string of the molecule is Cc1ccc(C(N)C2CNCCN2C)c(C)c1C. The average molecular weight is 247 g/mol. The smallest absolute Gasteiger partial charge is 0.0468 e. The summed E-state index contributed by atoms with van der Waals surface area (Å²) in [7, 11) is 2.17. The Bertz CT molecular complexity index is 428. The van der Waals surface area contributed by atoms with E-state index in [4.69, 9.17) is 5.73 Å². The van der Waals surface area contributed by atoms with Crippen molar-refractivity contribution in [2.45, 2.75) is 32.9 Å². The zero-order valence-corrected chi connectivity index (χ0v) is 12.0. The third-order valence-corrected chi connectivity index (χ3v) is 4.43. The number of rotatable bonds is 2. The molecule has 1 aliphatic heterocycles. The van der Waals surface area contributed by atoms with E-state index in [-0.39, 0.29) is 6.04 Å². The molecule has 0 amide bonds. The zero-order valence-electron chi connectivity index (χ0n) is 12.0. The van der Waals surface area contributed by atoms with E-state index in [1.807, 2.05) is 0 Å². The highest BCUT2D eigenvalue weighted by Crippen LogP contribution is 2.25. The van der Waals surface area contributed by atoms with E-state index in [2.05, 4.69) is 50.2 Å². The number of nitrogens with two attached hydrogens (primary N) is 1. The predicted octanol–water partition coefficient (Wildman–Crippen LogP) is 1.52. The van der Waals surface area contributed by atoms with Crippen molar-refractivity contribution in [2.24, 2.45) is 5.73 Å². The molecule has 0 radical (unpaired) electrons. The normalized spacial score (nSPS) is 23.1. The first-order chi connectivity index (χ1) is 8.52. The molecule has 1 fully saturated rings. The van der Waals surface area contributed by atoms with Crippen LogP contribution < -0.4 is 11.1 Å². The fourth-order valence-electron chi connectivity index (χ4n) is 2.77. The Kier molecular flexibility index (Phi) is 4.05. The minimum Gasteiger partial charge on any atom is -0.323 e. The lowest BCUT2D eigenvalue weighted by Gasteiger charge is -2.37. The van der Waals surface area contributed by atoms with Gasteiger partial charge in [-0.25, -0.2) is 0 Å². The Labute approximate surface area is 110 Å². The second kappa shape index (κ2) is 5.39. The molecule has 1 aromatic carbocycles. The largest absolute Gasteiger partial charge is 0.323 e. The maximum atomic E-state index is 6.50. The monoisotopic (exact) mass is 247 g/mol. The van der Waals surface area contributed by atoms with Gasteiger partial charge in [0.1, 0.15) is 0 Å². The average Bonchev–Trinajstić information content (AvgIpc) is 2.36. The molecule has 18 heavy (non-hydrogen) atoms. The van der Waals surface area contributed by atoms with Gasteiger partial charge < -0.3 is 11.1 Å². The molecule has 0 saturated carbocycles. The standard InChI is InChI=1S/C15H25N3/c1-10-5-6-13(12(3)11(10)2)15(16)14-9-17-7-8-18(14)4/h5-6,14-15,17H,7-9,16H2,1-4H3. The minimum absolute atomic E-state index is 0.0853. The van der Waals surface area contributed by atoms with Crippen molar-refractivity contribution >= 4 is 0 Å². The first-order valence-electron chi connectivity index (χ1n) is 6.75. The molecular weight excluding hydrogens is 222 g/mol. The topological polar surface area (TPSA) is 41.3 Å². The Hall–Kier alpha value is -0.900. The summed E-state index contributed by atoms with van der Waals surface area (Å²) < 4.78 is 0. The number of piperazine rings is 1. The van der Waals surface area contributed by atoms with Crippen LogP contribution in [0.5, 0.6) is 0 Å². The lowest BCUT2D eigenvalue weighted by molar-refractivity contribution is 0.174. The van der Waals surface area contributed by atoms with Crippen LogP contribution in [0, 0.1) is 20.8 Å². The highest BCUT2D eigenvalue weighted by molar-refractivity contribution is 5.40. The fourth-order valence-corrected chi connectivity index (χ4v) is 2.77. The predicted molar refractivity (Wildman–Crippen MR) is 76.9 cm³/mol. The highest BCUT2D eigenvalue weighted by Gasteiger charge is 2.27. The van der Waals surface area contributed by atoms with Crippen molar-refractivity contribution in [1.29, 1.82) is 0 Å². The molecule has 3 heteroatoms. The van der Waals surface area contributed by atoms with E-state index in [0.29, 0.717) is 6.04 Å². The third kappa shape index (κ3) is 2.44. The van der Waals surface area contributed by atoms with Crippen LogP contribution in [0.4, 0.5) is 0 Å².